The first-order valence-electron chi connectivity index (χ1n) is 8.80. The van der Waals surface area contributed by atoms with E-state index in [1.54, 1.807) is 0 Å². The van der Waals surface area contributed by atoms with Crippen LogP contribution < -0.4 is 10.2 Å². The Morgan fingerprint density at radius 3 is 2.29 bits per heavy atom. The predicted octanol–water partition coefficient (Wildman–Crippen LogP) is 1.96. The summed E-state index contributed by atoms with van der Waals surface area (Å²) in [7, 11) is 0. The third kappa shape index (κ3) is 4.26. The Morgan fingerprint density at radius 2 is 1.67 bits per heavy atom. The third-order valence-electron chi connectivity index (χ3n) is 4.53. The number of carbonyl (C=O) groups excluding carboxylic acids is 2. The Bertz CT molecular complexity index is 559. The highest BCUT2D eigenvalue weighted by molar-refractivity contribution is 5.96. The van der Waals surface area contributed by atoms with E-state index < -0.39 is 0 Å². The molecule has 0 aliphatic carbocycles. The van der Waals surface area contributed by atoms with E-state index in [4.69, 9.17) is 4.84 Å². The van der Waals surface area contributed by atoms with E-state index in [1.807, 2.05) is 24.3 Å². The van der Waals surface area contributed by atoms with E-state index in [-0.39, 0.29) is 18.4 Å². The van der Waals surface area contributed by atoms with Gasteiger partial charge in [0.25, 0.3) is 11.8 Å². The van der Waals surface area contributed by atoms with Crippen LogP contribution in [0, 0.1) is 0 Å². The van der Waals surface area contributed by atoms with Crippen LogP contribution in [0.5, 0.6) is 0 Å². The van der Waals surface area contributed by atoms with Crippen LogP contribution in [-0.4, -0.2) is 49.7 Å². The molecule has 0 aromatic heterocycles. The van der Waals surface area contributed by atoms with Gasteiger partial charge in [-0.3, -0.25) is 14.4 Å². The van der Waals surface area contributed by atoms with Crippen molar-refractivity contribution in [1.82, 2.24) is 10.4 Å². The number of hydrogen-bond donors (Lipinski definition) is 1. The minimum Gasteiger partial charge on any atom is -0.372 e. The van der Waals surface area contributed by atoms with Crippen molar-refractivity contribution in [3.05, 3.63) is 29.8 Å². The molecule has 1 N–H and O–H groups in total. The molecule has 0 bridgehead atoms. The van der Waals surface area contributed by atoms with Crippen LogP contribution in [0.1, 0.15) is 42.5 Å². The molecule has 0 atom stereocenters. The SMILES string of the molecule is O=C(NCC(=O)N1CCCO1)c1ccc(N2CCCCCC2)cc1. The van der Waals surface area contributed by atoms with Crippen LogP contribution in [0.4, 0.5) is 5.69 Å². The maximum atomic E-state index is 12.2. The molecule has 2 aliphatic rings. The van der Waals surface area contributed by atoms with Crippen molar-refractivity contribution in [2.75, 3.05) is 37.7 Å². The topological polar surface area (TPSA) is 61.9 Å². The first kappa shape index (κ1) is 16.8. The Morgan fingerprint density at radius 1 is 0.958 bits per heavy atom. The number of carbonyl (C=O) groups is 2. The van der Waals surface area contributed by atoms with Crippen molar-refractivity contribution < 1.29 is 14.4 Å². The lowest BCUT2D eigenvalue weighted by Crippen LogP contribution is -2.38. The highest BCUT2D eigenvalue weighted by atomic mass is 16.7. The monoisotopic (exact) mass is 331 g/mol. The number of nitrogens with one attached hydrogen (secondary N) is 1. The summed E-state index contributed by atoms with van der Waals surface area (Å²) in [5, 5.41) is 3.98. The molecule has 3 rings (SSSR count). The molecule has 130 valence electrons. The molecule has 1 aromatic rings. The summed E-state index contributed by atoms with van der Waals surface area (Å²) >= 11 is 0. The van der Waals surface area contributed by atoms with Crippen LogP contribution in [0.25, 0.3) is 0 Å². The minimum absolute atomic E-state index is 0.0350. The number of benzene rings is 1. The molecule has 0 spiro atoms. The predicted molar refractivity (Wildman–Crippen MR) is 91.7 cm³/mol. The first-order valence-corrected chi connectivity index (χ1v) is 8.80. The van der Waals surface area contributed by atoms with Gasteiger partial charge in [-0.05, 0) is 43.5 Å². The number of rotatable bonds is 4. The fourth-order valence-electron chi connectivity index (χ4n) is 3.14. The molecular formula is C18H25N3O3. The van der Waals surface area contributed by atoms with Gasteiger partial charge in [-0.2, -0.15) is 0 Å². The van der Waals surface area contributed by atoms with Crippen molar-refractivity contribution in [3.63, 3.8) is 0 Å². The Kier molecular flexibility index (Phi) is 5.69. The zero-order valence-corrected chi connectivity index (χ0v) is 14.0. The lowest BCUT2D eigenvalue weighted by molar-refractivity contribution is -0.167. The van der Waals surface area contributed by atoms with E-state index in [0.717, 1.165) is 25.2 Å². The Labute approximate surface area is 142 Å². The fourth-order valence-corrected chi connectivity index (χ4v) is 3.14. The summed E-state index contributed by atoms with van der Waals surface area (Å²) in [6, 6.07) is 7.63. The normalized spacial score (nSPS) is 18.3. The number of hydroxylamine groups is 2. The van der Waals surface area contributed by atoms with Crippen molar-refractivity contribution in [3.8, 4) is 0 Å². The average molecular weight is 331 g/mol. The third-order valence-corrected chi connectivity index (χ3v) is 4.53. The number of nitrogens with zero attached hydrogens (tertiary/aromatic N) is 2. The van der Waals surface area contributed by atoms with Crippen molar-refractivity contribution in [2.24, 2.45) is 0 Å². The molecule has 2 amide bonds. The quantitative estimate of drug-likeness (QED) is 0.916. The average Bonchev–Trinajstić information content (AvgIpc) is 3.02. The van der Waals surface area contributed by atoms with Crippen molar-refractivity contribution in [1.29, 1.82) is 0 Å². The smallest absolute Gasteiger partial charge is 0.265 e. The number of hydrogen-bond acceptors (Lipinski definition) is 4. The molecule has 1 aromatic carbocycles. The molecular weight excluding hydrogens is 306 g/mol. The van der Waals surface area contributed by atoms with Gasteiger partial charge in [0.05, 0.1) is 19.7 Å². The van der Waals surface area contributed by atoms with E-state index in [1.165, 1.54) is 30.7 Å². The van der Waals surface area contributed by atoms with E-state index in [9.17, 15) is 9.59 Å². The van der Waals surface area contributed by atoms with Gasteiger partial charge in [-0.1, -0.05) is 12.8 Å². The van der Waals surface area contributed by atoms with E-state index >= 15 is 0 Å². The zero-order chi connectivity index (χ0) is 16.8. The van der Waals surface area contributed by atoms with Crippen molar-refractivity contribution >= 4 is 17.5 Å². The molecule has 24 heavy (non-hydrogen) atoms. The molecule has 0 radical (unpaired) electrons. The molecule has 2 heterocycles. The standard InChI is InChI=1S/C18H25N3O3/c22-17(21-12-5-13-24-21)14-19-18(23)15-6-8-16(9-7-15)20-10-3-1-2-4-11-20/h6-9H,1-5,10-14H2,(H,19,23). The van der Waals surface area contributed by atoms with Crippen molar-refractivity contribution in [2.45, 2.75) is 32.1 Å². The van der Waals surface area contributed by atoms with Gasteiger partial charge in [0.2, 0.25) is 0 Å². The summed E-state index contributed by atoms with van der Waals surface area (Å²) in [5.41, 5.74) is 1.73. The molecule has 6 heteroatoms. The van der Waals surface area contributed by atoms with Gasteiger partial charge in [-0.25, -0.2) is 5.06 Å². The maximum absolute atomic E-state index is 12.2. The highest BCUT2D eigenvalue weighted by Gasteiger charge is 2.20. The van der Waals surface area contributed by atoms with E-state index in [0.29, 0.717) is 18.7 Å². The zero-order valence-electron chi connectivity index (χ0n) is 14.0. The van der Waals surface area contributed by atoms with Gasteiger partial charge in [-0.15, -0.1) is 0 Å². The second-order valence-corrected chi connectivity index (χ2v) is 6.31. The fraction of sp³-hybridized carbons (Fsp3) is 0.556. The molecule has 2 aliphatic heterocycles. The second-order valence-electron chi connectivity index (χ2n) is 6.31. The summed E-state index contributed by atoms with van der Waals surface area (Å²) in [6.07, 6.45) is 5.89. The second kappa shape index (κ2) is 8.15. The maximum Gasteiger partial charge on any atom is 0.265 e. The number of amides is 2. The first-order chi connectivity index (χ1) is 11.7. The van der Waals surface area contributed by atoms with Crippen LogP contribution in [0.15, 0.2) is 24.3 Å². The van der Waals surface area contributed by atoms with Gasteiger partial charge in [0.1, 0.15) is 0 Å². The lowest BCUT2D eigenvalue weighted by Gasteiger charge is -2.22. The van der Waals surface area contributed by atoms with Crippen LogP contribution in [0.3, 0.4) is 0 Å². The molecule has 0 unspecified atom stereocenters. The van der Waals surface area contributed by atoms with Crippen LogP contribution >= 0.6 is 0 Å². The van der Waals surface area contributed by atoms with Gasteiger partial charge >= 0.3 is 0 Å². The van der Waals surface area contributed by atoms with E-state index in [2.05, 4.69) is 10.2 Å². The van der Waals surface area contributed by atoms with Gasteiger partial charge in [0, 0.05) is 24.3 Å². The minimum atomic E-state index is -0.232. The summed E-state index contributed by atoms with van der Waals surface area (Å²) in [4.78, 5) is 31.6. The molecule has 2 fully saturated rings. The summed E-state index contributed by atoms with van der Waals surface area (Å²) in [6.45, 7) is 3.29. The highest BCUT2D eigenvalue weighted by Crippen LogP contribution is 2.20. The molecule has 6 nitrogen and oxygen atoms in total. The Hall–Kier alpha value is -2.08. The van der Waals surface area contributed by atoms with Crippen LogP contribution in [-0.2, 0) is 9.63 Å². The Balaban J connectivity index is 1.52. The summed E-state index contributed by atoms with van der Waals surface area (Å²) < 4.78 is 0. The molecule has 0 saturated carbocycles. The molecule has 2 saturated heterocycles. The van der Waals surface area contributed by atoms with Gasteiger partial charge in [0.15, 0.2) is 0 Å². The number of anilines is 1. The van der Waals surface area contributed by atoms with Crippen LogP contribution in [0.2, 0.25) is 0 Å². The summed E-state index contributed by atoms with van der Waals surface area (Å²) in [5.74, 6) is -0.438. The van der Waals surface area contributed by atoms with Gasteiger partial charge < -0.3 is 10.2 Å². The lowest BCUT2D eigenvalue weighted by atomic mass is 10.1. The largest absolute Gasteiger partial charge is 0.372 e.